The second kappa shape index (κ2) is 4.37. The van der Waals surface area contributed by atoms with Gasteiger partial charge in [0.05, 0.1) is 18.5 Å². The standard InChI is InChI=1S/C12H17N5O3/c1-12(20)7(2-6(3-18)9(12)19)17-5-16-8-10(13)14-4-15-11(8)17/h4-7,9,18-20H,2-3H2,1H3,(H2,13,14,15)/t6?,7-,9-,12+/m1/s1. The smallest absolute Gasteiger partial charge is 0.165 e. The second-order valence-electron chi connectivity index (χ2n) is 5.45. The molecule has 1 unspecified atom stereocenters. The molecule has 8 heteroatoms. The van der Waals surface area contributed by atoms with Crippen molar-refractivity contribution in [1.29, 1.82) is 0 Å². The molecule has 2 aromatic heterocycles. The zero-order valence-electron chi connectivity index (χ0n) is 11.0. The Balaban J connectivity index is 2.10. The van der Waals surface area contributed by atoms with E-state index >= 15 is 0 Å². The van der Waals surface area contributed by atoms with Crippen LogP contribution in [-0.2, 0) is 0 Å². The molecule has 1 aliphatic carbocycles. The minimum atomic E-state index is -1.37. The molecular weight excluding hydrogens is 262 g/mol. The quantitative estimate of drug-likeness (QED) is 0.559. The highest BCUT2D eigenvalue weighted by molar-refractivity contribution is 5.81. The van der Waals surface area contributed by atoms with E-state index in [9.17, 15) is 15.3 Å². The summed E-state index contributed by atoms with van der Waals surface area (Å²) in [5.41, 5.74) is 5.33. The molecule has 0 aromatic carbocycles. The third-order valence-electron chi connectivity index (χ3n) is 4.20. The highest BCUT2D eigenvalue weighted by Gasteiger charge is 2.51. The number of aliphatic hydroxyl groups is 3. The first-order valence-corrected chi connectivity index (χ1v) is 6.41. The molecule has 2 aromatic rings. The molecule has 0 spiro atoms. The third-order valence-corrected chi connectivity index (χ3v) is 4.20. The summed E-state index contributed by atoms with van der Waals surface area (Å²) in [5.74, 6) is -0.114. The minimum Gasteiger partial charge on any atom is -0.396 e. The van der Waals surface area contributed by atoms with Gasteiger partial charge < -0.3 is 25.6 Å². The van der Waals surface area contributed by atoms with E-state index in [4.69, 9.17) is 5.73 Å². The molecule has 3 rings (SSSR count). The summed E-state index contributed by atoms with van der Waals surface area (Å²) in [6.45, 7) is 1.37. The molecule has 8 nitrogen and oxygen atoms in total. The van der Waals surface area contributed by atoms with Gasteiger partial charge in [0, 0.05) is 12.5 Å². The van der Waals surface area contributed by atoms with E-state index in [1.54, 1.807) is 11.5 Å². The van der Waals surface area contributed by atoms with E-state index in [1.807, 2.05) is 0 Å². The van der Waals surface area contributed by atoms with Crippen molar-refractivity contribution in [2.24, 2.45) is 5.92 Å². The number of nitrogens with zero attached hydrogens (tertiary/aromatic N) is 4. The van der Waals surface area contributed by atoms with Crippen LogP contribution in [0.4, 0.5) is 5.82 Å². The highest BCUT2D eigenvalue weighted by Crippen LogP contribution is 2.43. The van der Waals surface area contributed by atoms with Gasteiger partial charge in [-0.05, 0) is 13.3 Å². The van der Waals surface area contributed by atoms with Crippen molar-refractivity contribution in [1.82, 2.24) is 19.5 Å². The van der Waals surface area contributed by atoms with Gasteiger partial charge in [-0.2, -0.15) is 0 Å². The first-order chi connectivity index (χ1) is 9.46. The van der Waals surface area contributed by atoms with Crippen LogP contribution in [0.5, 0.6) is 0 Å². The summed E-state index contributed by atoms with van der Waals surface area (Å²) in [5, 5.41) is 30.0. The average molecular weight is 279 g/mol. The van der Waals surface area contributed by atoms with Crippen molar-refractivity contribution in [3.8, 4) is 0 Å². The molecule has 1 saturated carbocycles. The molecule has 0 saturated heterocycles. The van der Waals surface area contributed by atoms with Crippen molar-refractivity contribution in [3.05, 3.63) is 12.7 Å². The van der Waals surface area contributed by atoms with Gasteiger partial charge >= 0.3 is 0 Å². The normalized spacial score (nSPS) is 33.9. The molecule has 0 bridgehead atoms. The van der Waals surface area contributed by atoms with Crippen LogP contribution < -0.4 is 5.73 Å². The first-order valence-electron chi connectivity index (χ1n) is 6.41. The minimum absolute atomic E-state index is 0.183. The molecule has 0 aliphatic heterocycles. The molecule has 108 valence electrons. The number of imidazole rings is 1. The van der Waals surface area contributed by atoms with Gasteiger partial charge in [-0.25, -0.2) is 15.0 Å². The van der Waals surface area contributed by atoms with Crippen LogP contribution in [0.1, 0.15) is 19.4 Å². The zero-order chi connectivity index (χ0) is 14.5. The predicted octanol–water partition coefficient (Wildman–Crippen LogP) is -0.926. The summed E-state index contributed by atoms with van der Waals surface area (Å²) in [6.07, 6.45) is 2.29. The summed E-state index contributed by atoms with van der Waals surface area (Å²) in [4.78, 5) is 12.2. The second-order valence-corrected chi connectivity index (χ2v) is 5.45. The maximum absolute atomic E-state index is 10.5. The fraction of sp³-hybridized carbons (Fsp3) is 0.583. The lowest BCUT2D eigenvalue weighted by molar-refractivity contribution is -0.0777. The zero-order valence-corrected chi connectivity index (χ0v) is 11.0. The van der Waals surface area contributed by atoms with Gasteiger partial charge in [-0.3, -0.25) is 0 Å². The van der Waals surface area contributed by atoms with Crippen molar-refractivity contribution >= 4 is 17.0 Å². The lowest BCUT2D eigenvalue weighted by atomic mass is 9.96. The topological polar surface area (TPSA) is 130 Å². The summed E-state index contributed by atoms with van der Waals surface area (Å²) < 4.78 is 1.69. The number of nitrogen functional groups attached to an aromatic ring is 1. The maximum Gasteiger partial charge on any atom is 0.165 e. The maximum atomic E-state index is 10.5. The molecular formula is C12H17N5O3. The summed E-state index contributed by atoms with van der Waals surface area (Å²) >= 11 is 0. The van der Waals surface area contributed by atoms with Gasteiger partial charge in [0.15, 0.2) is 11.5 Å². The number of aliphatic hydroxyl groups excluding tert-OH is 2. The van der Waals surface area contributed by atoms with Crippen LogP contribution in [0.3, 0.4) is 0 Å². The Labute approximate surface area is 114 Å². The van der Waals surface area contributed by atoms with Crippen LogP contribution >= 0.6 is 0 Å². The van der Waals surface area contributed by atoms with E-state index in [2.05, 4.69) is 15.0 Å². The number of anilines is 1. The molecule has 1 fully saturated rings. The lowest BCUT2D eigenvalue weighted by Gasteiger charge is -2.29. The molecule has 0 amide bonds. The Kier molecular flexibility index (Phi) is 2.89. The summed E-state index contributed by atoms with van der Waals surface area (Å²) in [6, 6.07) is -0.436. The Morgan fingerprint density at radius 3 is 2.85 bits per heavy atom. The third kappa shape index (κ3) is 1.69. The molecule has 2 heterocycles. The number of hydrogen-bond donors (Lipinski definition) is 4. The fourth-order valence-electron chi connectivity index (χ4n) is 3.00. The number of nitrogens with two attached hydrogens (primary N) is 1. The van der Waals surface area contributed by atoms with Gasteiger partial charge in [0.1, 0.15) is 17.4 Å². The predicted molar refractivity (Wildman–Crippen MR) is 70.6 cm³/mol. The van der Waals surface area contributed by atoms with E-state index in [-0.39, 0.29) is 18.3 Å². The Hall–Kier alpha value is -1.77. The van der Waals surface area contributed by atoms with E-state index < -0.39 is 17.7 Å². The van der Waals surface area contributed by atoms with Crippen molar-refractivity contribution in [3.63, 3.8) is 0 Å². The first kappa shape index (κ1) is 13.2. The number of hydrogen-bond acceptors (Lipinski definition) is 7. The lowest BCUT2D eigenvalue weighted by Crippen LogP contribution is -2.42. The molecule has 4 atom stereocenters. The van der Waals surface area contributed by atoms with E-state index in [1.165, 1.54) is 12.7 Å². The van der Waals surface area contributed by atoms with Crippen molar-refractivity contribution in [2.75, 3.05) is 12.3 Å². The van der Waals surface area contributed by atoms with Crippen LogP contribution in [0.25, 0.3) is 11.2 Å². The average Bonchev–Trinajstić information content (AvgIpc) is 2.92. The summed E-state index contributed by atoms with van der Waals surface area (Å²) in [7, 11) is 0. The Morgan fingerprint density at radius 1 is 1.45 bits per heavy atom. The monoisotopic (exact) mass is 279 g/mol. The van der Waals surface area contributed by atoms with Gasteiger partial charge in [0.25, 0.3) is 0 Å². The molecule has 5 N–H and O–H groups in total. The molecule has 20 heavy (non-hydrogen) atoms. The van der Waals surface area contributed by atoms with Gasteiger partial charge in [0.2, 0.25) is 0 Å². The Bertz CT molecular complexity index is 641. The highest BCUT2D eigenvalue weighted by atomic mass is 16.3. The van der Waals surface area contributed by atoms with E-state index in [0.717, 1.165) is 0 Å². The van der Waals surface area contributed by atoms with Crippen molar-refractivity contribution < 1.29 is 15.3 Å². The van der Waals surface area contributed by atoms with Gasteiger partial charge in [-0.15, -0.1) is 0 Å². The number of aromatic nitrogens is 4. The van der Waals surface area contributed by atoms with Crippen LogP contribution in [0, 0.1) is 5.92 Å². The molecule has 1 aliphatic rings. The number of fused-ring (bicyclic) bond motifs is 1. The van der Waals surface area contributed by atoms with Crippen LogP contribution in [-0.4, -0.2) is 53.2 Å². The molecule has 0 radical (unpaired) electrons. The van der Waals surface area contributed by atoms with Crippen molar-refractivity contribution in [2.45, 2.75) is 31.1 Å². The number of rotatable bonds is 2. The van der Waals surface area contributed by atoms with Crippen LogP contribution in [0.15, 0.2) is 12.7 Å². The fourth-order valence-corrected chi connectivity index (χ4v) is 3.00. The Morgan fingerprint density at radius 2 is 2.20 bits per heavy atom. The largest absolute Gasteiger partial charge is 0.396 e. The SMILES string of the molecule is C[C@@]1(O)[C@H](O)C(CO)C[C@H]1n1cnc2c(N)ncnc21. The van der Waals surface area contributed by atoms with E-state index in [0.29, 0.717) is 17.6 Å². The van der Waals surface area contributed by atoms with Crippen LogP contribution in [0.2, 0.25) is 0 Å². The van der Waals surface area contributed by atoms with Gasteiger partial charge in [-0.1, -0.05) is 0 Å².